The number of benzene rings is 1. The van der Waals surface area contributed by atoms with Crippen LogP contribution in [0.5, 0.6) is 5.75 Å². The van der Waals surface area contributed by atoms with Gasteiger partial charge >= 0.3 is 37.2 Å². The van der Waals surface area contributed by atoms with Crippen molar-refractivity contribution in [3.05, 3.63) is 29.8 Å². The molecule has 4 nitrogen and oxygen atoms in total. The van der Waals surface area contributed by atoms with Crippen molar-refractivity contribution in [3.63, 3.8) is 0 Å². The Kier molecular flexibility index (Phi) is 8.39. The third-order valence-corrected chi connectivity index (χ3v) is 4.02. The molecule has 0 unspecified atom stereocenters. The second-order valence-electron chi connectivity index (χ2n) is 3.27. The van der Waals surface area contributed by atoms with E-state index < -0.39 is 7.60 Å². The van der Waals surface area contributed by atoms with Gasteiger partial charge in [-0.15, -0.1) is 0 Å². The molecule has 0 aromatic heterocycles. The van der Waals surface area contributed by atoms with E-state index >= 15 is 0 Å². The first-order chi connectivity index (χ1) is 7.59. The van der Waals surface area contributed by atoms with E-state index in [0.717, 1.165) is 5.56 Å². The third kappa shape index (κ3) is 6.05. The van der Waals surface area contributed by atoms with E-state index in [-0.39, 0.29) is 41.5 Å². The van der Waals surface area contributed by atoms with Gasteiger partial charge in [-0.3, -0.25) is 4.57 Å². The number of hydrogen-bond donors (Lipinski definition) is 1. The van der Waals surface area contributed by atoms with Crippen molar-refractivity contribution in [2.75, 3.05) is 13.2 Å². The molecule has 0 radical (unpaired) electrons. The van der Waals surface area contributed by atoms with Gasteiger partial charge in [-0.1, -0.05) is 12.1 Å². The van der Waals surface area contributed by atoms with Gasteiger partial charge in [-0.05, 0) is 31.5 Å². The first-order valence-electron chi connectivity index (χ1n) is 5.25. The molecule has 0 amide bonds. The zero-order valence-electron chi connectivity index (χ0n) is 9.55. The molecule has 0 saturated carbocycles. The molecule has 0 spiro atoms. The Morgan fingerprint density at radius 2 is 1.59 bits per heavy atom. The number of rotatable bonds is 6. The molecule has 0 aliphatic carbocycles. The molecule has 1 rings (SSSR count). The van der Waals surface area contributed by atoms with Crippen LogP contribution in [-0.4, -0.2) is 47.9 Å². The van der Waals surface area contributed by atoms with Crippen LogP contribution in [0.4, 0.5) is 0 Å². The Morgan fingerprint density at radius 3 is 2.00 bits per heavy atom. The van der Waals surface area contributed by atoms with Crippen LogP contribution in [0.1, 0.15) is 19.4 Å². The Labute approximate surface area is 124 Å². The molecule has 0 heterocycles. The normalized spacial score (nSPS) is 10.9. The Balaban J connectivity index is 0.00000256. The molecule has 17 heavy (non-hydrogen) atoms. The maximum absolute atomic E-state index is 12.2. The van der Waals surface area contributed by atoms with Gasteiger partial charge in [-0.2, -0.15) is 0 Å². The second-order valence-corrected chi connectivity index (χ2v) is 5.33. The average molecular weight is 268 g/mol. The van der Waals surface area contributed by atoms with Crippen molar-refractivity contribution < 1.29 is 18.7 Å². The van der Waals surface area contributed by atoms with Crippen LogP contribution < -0.4 is 0 Å². The van der Waals surface area contributed by atoms with E-state index in [1.54, 1.807) is 38.1 Å². The van der Waals surface area contributed by atoms with Gasteiger partial charge in [-0.25, -0.2) is 0 Å². The summed E-state index contributed by atoms with van der Waals surface area (Å²) in [5.74, 6) is 0.186. The van der Waals surface area contributed by atoms with Crippen molar-refractivity contribution in [1.29, 1.82) is 0 Å². The summed E-state index contributed by atoms with van der Waals surface area (Å²) < 4.78 is 22.5. The Hall–Kier alpha value is 0.170. The quantitative estimate of drug-likeness (QED) is 0.636. The fourth-order valence-electron chi connectivity index (χ4n) is 1.35. The second kappa shape index (κ2) is 8.30. The van der Waals surface area contributed by atoms with Crippen LogP contribution >= 0.6 is 7.60 Å². The van der Waals surface area contributed by atoms with Crippen LogP contribution in [0.15, 0.2) is 24.3 Å². The molecule has 1 N–H and O–H groups in total. The van der Waals surface area contributed by atoms with Crippen molar-refractivity contribution in [2.45, 2.75) is 20.0 Å². The summed E-state index contributed by atoms with van der Waals surface area (Å²) in [5.41, 5.74) is 0.822. The summed E-state index contributed by atoms with van der Waals surface area (Å²) in [6.07, 6.45) is 0.231. The predicted octanol–water partition coefficient (Wildman–Crippen LogP) is 2.51. The van der Waals surface area contributed by atoms with E-state index in [4.69, 9.17) is 14.2 Å². The van der Waals surface area contributed by atoms with Crippen LogP contribution in [0, 0.1) is 0 Å². The molecule has 0 bridgehead atoms. The zero-order chi connectivity index (χ0) is 12.0. The zero-order valence-corrected chi connectivity index (χ0v) is 10.4. The van der Waals surface area contributed by atoms with E-state index in [1.807, 2.05) is 0 Å². The SMILES string of the molecule is CCOP(=O)(Cc1ccc(O)cc1)OCC.[NaH]. The topological polar surface area (TPSA) is 55.8 Å². The van der Waals surface area contributed by atoms with Gasteiger partial charge in [0.05, 0.1) is 19.4 Å². The molecule has 1 aromatic carbocycles. The van der Waals surface area contributed by atoms with E-state index in [9.17, 15) is 4.57 Å². The van der Waals surface area contributed by atoms with Crippen LogP contribution in [-0.2, 0) is 19.8 Å². The molecule has 0 fully saturated rings. The average Bonchev–Trinajstić information content (AvgIpc) is 2.22. The van der Waals surface area contributed by atoms with Gasteiger partial charge < -0.3 is 14.2 Å². The summed E-state index contributed by atoms with van der Waals surface area (Å²) in [7, 11) is -3.04. The van der Waals surface area contributed by atoms with Crippen molar-refractivity contribution >= 4 is 37.2 Å². The molecule has 92 valence electrons. The van der Waals surface area contributed by atoms with Crippen LogP contribution in [0.2, 0.25) is 0 Å². The summed E-state index contributed by atoms with van der Waals surface area (Å²) in [6.45, 7) is 4.27. The molecule has 6 heteroatoms. The minimum atomic E-state index is -3.04. The first kappa shape index (κ1) is 17.2. The molecular formula is C11H18NaO4P. The molecule has 0 saturated heterocycles. The van der Waals surface area contributed by atoms with Crippen molar-refractivity contribution in [2.24, 2.45) is 0 Å². The van der Waals surface area contributed by atoms with Crippen LogP contribution in [0.25, 0.3) is 0 Å². The van der Waals surface area contributed by atoms with E-state index in [2.05, 4.69) is 0 Å². The fourth-order valence-corrected chi connectivity index (χ4v) is 3.05. The van der Waals surface area contributed by atoms with Crippen molar-refractivity contribution in [1.82, 2.24) is 0 Å². The van der Waals surface area contributed by atoms with Gasteiger partial charge in [0.15, 0.2) is 0 Å². The summed E-state index contributed by atoms with van der Waals surface area (Å²) in [4.78, 5) is 0. The van der Waals surface area contributed by atoms with E-state index in [0.29, 0.717) is 13.2 Å². The van der Waals surface area contributed by atoms with Gasteiger partial charge in [0, 0.05) is 0 Å². The third-order valence-electron chi connectivity index (χ3n) is 1.96. The van der Waals surface area contributed by atoms with Gasteiger partial charge in [0.25, 0.3) is 0 Å². The standard InChI is InChI=1S/C11H17O4P.Na.H/c1-3-14-16(13,15-4-2)9-10-5-7-11(12)8-6-10;;/h5-8,12H,3-4,9H2,1-2H3;;. The number of aromatic hydroxyl groups is 1. The Morgan fingerprint density at radius 1 is 1.12 bits per heavy atom. The number of phenolic OH excluding ortho intramolecular Hbond substituents is 1. The molecule has 0 atom stereocenters. The first-order valence-corrected chi connectivity index (χ1v) is 6.98. The predicted molar refractivity (Wildman–Crippen MR) is 69.8 cm³/mol. The summed E-state index contributed by atoms with van der Waals surface area (Å²) >= 11 is 0. The monoisotopic (exact) mass is 268 g/mol. The molecular weight excluding hydrogens is 250 g/mol. The van der Waals surface area contributed by atoms with Gasteiger partial charge in [0.1, 0.15) is 5.75 Å². The summed E-state index contributed by atoms with van der Waals surface area (Å²) in [5, 5.41) is 9.13. The van der Waals surface area contributed by atoms with Crippen LogP contribution in [0.3, 0.4) is 0 Å². The van der Waals surface area contributed by atoms with E-state index in [1.165, 1.54) is 0 Å². The maximum atomic E-state index is 12.2. The molecule has 1 aromatic rings. The number of hydrogen-bond acceptors (Lipinski definition) is 4. The van der Waals surface area contributed by atoms with Gasteiger partial charge in [0.2, 0.25) is 0 Å². The van der Waals surface area contributed by atoms with Crippen molar-refractivity contribution in [3.8, 4) is 5.75 Å². The summed E-state index contributed by atoms with van der Waals surface area (Å²) in [6, 6.07) is 6.52. The Bertz CT molecular complexity index is 356. The minimum absolute atomic E-state index is 0. The molecule has 0 aliphatic heterocycles. The number of phenols is 1. The fraction of sp³-hybridized carbons (Fsp3) is 0.455. The molecule has 0 aliphatic rings.